The largest absolute Gasteiger partial charge is 0.385 e. The minimum absolute atomic E-state index is 0.0537. The van der Waals surface area contributed by atoms with Crippen molar-refractivity contribution in [2.45, 2.75) is 45.7 Å². The second-order valence-electron chi connectivity index (χ2n) is 9.15. The SMILES string of the molecule is COCCCN(Cc1cccn1Cc1ccc(Br)cc1)C(=O)c1ccc(C(C)(C)C)cc1. The van der Waals surface area contributed by atoms with E-state index in [1.807, 2.05) is 23.1 Å². The molecule has 1 amide bonds. The Kier molecular flexibility index (Phi) is 8.32. The summed E-state index contributed by atoms with van der Waals surface area (Å²) in [6.45, 7) is 9.16. The number of carbonyl (C=O) groups is 1. The molecule has 32 heavy (non-hydrogen) atoms. The first-order chi connectivity index (χ1) is 15.3. The van der Waals surface area contributed by atoms with Gasteiger partial charge in [-0.25, -0.2) is 0 Å². The number of nitrogens with zero attached hydrogens (tertiary/aromatic N) is 2. The number of halogens is 1. The molecule has 0 unspecified atom stereocenters. The van der Waals surface area contributed by atoms with Gasteiger partial charge in [0.1, 0.15) is 0 Å². The average Bonchev–Trinajstić information content (AvgIpc) is 3.20. The molecule has 2 aromatic carbocycles. The van der Waals surface area contributed by atoms with Crippen LogP contribution in [0.5, 0.6) is 0 Å². The molecule has 5 heteroatoms. The van der Waals surface area contributed by atoms with E-state index in [0.717, 1.165) is 28.7 Å². The van der Waals surface area contributed by atoms with Crippen LogP contribution in [-0.2, 0) is 23.2 Å². The number of hydrogen-bond donors (Lipinski definition) is 0. The lowest BCUT2D eigenvalue weighted by molar-refractivity contribution is 0.0719. The highest BCUT2D eigenvalue weighted by atomic mass is 79.9. The molecule has 0 radical (unpaired) electrons. The summed E-state index contributed by atoms with van der Waals surface area (Å²) in [6.07, 6.45) is 2.88. The number of carbonyl (C=O) groups excluding carboxylic acids is 1. The van der Waals surface area contributed by atoms with Crippen LogP contribution >= 0.6 is 15.9 Å². The fraction of sp³-hybridized carbons (Fsp3) is 0.370. The van der Waals surface area contributed by atoms with Crippen molar-refractivity contribution in [3.63, 3.8) is 0 Å². The molecule has 0 spiro atoms. The predicted octanol–water partition coefficient (Wildman–Crippen LogP) is 6.28. The third-order valence-electron chi connectivity index (χ3n) is 5.60. The minimum Gasteiger partial charge on any atom is -0.385 e. The average molecular weight is 497 g/mol. The van der Waals surface area contributed by atoms with Crippen LogP contribution in [0.15, 0.2) is 71.3 Å². The number of hydrogen-bond acceptors (Lipinski definition) is 2. The summed E-state index contributed by atoms with van der Waals surface area (Å²) in [6, 6.07) is 20.5. The number of methoxy groups -OCH3 is 1. The smallest absolute Gasteiger partial charge is 0.254 e. The second-order valence-corrected chi connectivity index (χ2v) is 10.1. The van der Waals surface area contributed by atoms with Crippen LogP contribution < -0.4 is 0 Å². The van der Waals surface area contributed by atoms with Gasteiger partial charge in [0, 0.05) is 48.7 Å². The molecule has 0 N–H and O–H groups in total. The number of amides is 1. The Morgan fingerprint density at radius 3 is 2.34 bits per heavy atom. The molecule has 170 valence electrons. The van der Waals surface area contributed by atoms with E-state index >= 15 is 0 Å². The Balaban J connectivity index is 1.78. The molecule has 0 atom stereocenters. The van der Waals surface area contributed by atoms with Crippen LogP contribution in [0.4, 0.5) is 0 Å². The van der Waals surface area contributed by atoms with E-state index in [9.17, 15) is 4.79 Å². The van der Waals surface area contributed by atoms with E-state index < -0.39 is 0 Å². The summed E-state index contributed by atoms with van der Waals surface area (Å²) in [5, 5.41) is 0. The highest BCUT2D eigenvalue weighted by Gasteiger charge is 2.19. The summed E-state index contributed by atoms with van der Waals surface area (Å²) in [5.41, 5.74) is 4.35. The monoisotopic (exact) mass is 496 g/mol. The van der Waals surface area contributed by atoms with Gasteiger partial charge in [-0.1, -0.05) is 61.0 Å². The third kappa shape index (κ3) is 6.57. The fourth-order valence-corrected chi connectivity index (χ4v) is 3.94. The summed E-state index contributed by atoms with van der Waals surface area (Å²) in [7, 11) is 1.70. The molecule has 3 aromatic rings. The number of benzene rings is 2. The van der Waals surface area contributed by atoms with Crippen LogP contribution in [0.1, 0.15) is 54.4 Å². The molecule has 0 aliphatic rings. The Morgan fingerprint density at radius 1 is 1.03 bits per heavy atom. The zero-order valence-corrected chi connectivity index (χ0v) is 21.1. The Morgan fingerprint density at radius 2 is 1.72 bits per heavy atom. The molecule has 1 heterocycles. The Bertz CT molecular complexity index is 1000. The topological polar surface area (TPSA) is 34.5 Å². The summed E-state index contributed by atoms with van der Waals surface area (Å²) >= 11 is 3.49. The van der Waals surface area contributed by atoms with Gasteiger partial charge in [0.2, 0.25) is 0 Å². The van der Waals surface area contributed by atoms with Gasteiger partial charge < -0.3 is 14.2 Å². The van der Waals surface area contributed by atoms with E-state index in [-0.39, 0.29) is 11.3 Å². The molecule has 0 saturated heterocycles. The number of ether oxygens (including phenoxy) is 1. The van der Waals surface area contributed by atoms with Crippen molar-refractivity contribution in [1.82, 2.24) is 9.47 Å². The van der Waals surface area contributed by atoms with Gasteiger partial charge >= 0.3 is 0 Å². The molecule has 0 saturated carbocycles. The highest BCUT2D eigenvalue weighted by Crippen LogP contribution is 2.23. The van der Waals surface area contributed by atoms with Gasteiger partial charge in [-0.05, 0) is 59.4 Å². The maximum atomic E-state index is 13.4. The lowest BCUT2D eigenvalue weighted by Crippen LogP contribution is -2.33. The van der Waals surface area contributed by atoms with Crippen LogP contribution in [0.3, 0.4) is 0 Å². The maximum Gasteiger partial charge on any atom is 0.254 e. The van der Waals surface area contributed by atoms with Gasteiger partial charge in [0.15, 0.2) is 0 Å². The summed E-state index contributed by atoms with van der Waals surface area (Å²) in [4.78, 5) is 15.3. The molecule has 1 aromatic heterocycles. The number of rotatable bonds is 9. The predicted molar refractivity (Wildman–Crippen MR) is 134 cm³/mol. The first-order valence-corrected chi connectivity index (χ1v) is 11.8. The minimum atomic E-state index is 0.0537. The molecular formula is C27H33BrN2O2. The van der Waals surface area contributed by atoms with E-state index in [2.05, 4.69) is 89.9 Å². The molecular weight excluding hydrogens is 464 g/mol. The Labute approximate surface area is 200 Å². The van der Waals surface area contributed by atoms with Crippen LogP contribution in [0.25, 0.3) is 0 Å². The van der Waals surface area contributed by atoms with Gasteiger partial charge in [0.05, 0.1) is 6.54 Å². The quantitative estimate of drug-likeness (QED) is 0.327. The first-order valence-electron chi connectivity index (χ1n) is 11.0. The van der Waals surface area contributed by atoms with Crippen LogP contribution in [0.2, 0.25) is 0 Å². The zero-order chi connectivity index (χ0) is 23.1. The van der Waals surface area contributed by atoms with E-state index in [1.165, 1.54) is 11.1 Å². The fourth-order valence-electron chi connectivity index (χ4n) is 3.68. The molecule has 0 aliphatic carbocycles. The van der Waals surface area contributed by atoms with Crippen molar-refractivity contribution >= 4 is 21.8 Å². The highest BCUT2D eigenvalue weighted by molar-refractivity contribution is 9.10. The van der Waals surface area contributed by atoms with Crippen molar-refractivity contribution < 1.29 is 9.53 Å². The summed E-state index contributed by atoms with van der Waals surface area (Å²) < 4.78 is 8.51. The van der Waals surface area contributed by atoms with Gasteiger partial charge in [0.25, 0.3) is 5.91 Å². The van der Waals surface area contributed by atoms with E-state index in [0.29, 0.717) is 19.7 Å². The molecule has 0 fully saturated rings. The van der Waals surface area contributed by atoms with Gasteiger partial charge in [-0.3, -0.25) is 4.79 Å². The van der Waals surface area contributed by atoms with Crippen molar-refractivity contribution in [2.75, 3.05) is 20.3 Å². The van der Waals surface area contributed by atoms with Gasteiger partial charge in [-0.2, -0.15) is 0 Å². The lowest BCUT2D eigenvalue weighted by atomic mass is 9.86. The second kappa shape index (κ2) is 11.0. The third-order valence-corrected chi connectivity index (χ3v) is 6.13. The van der Waals surface area contributed by atoms with Crippen molar-refractivity contribution in [3.05, 3.63) is 93.7 Å². The maximum absolute atomic E-state index is 13.4. The van der Waals surface area contributed by atoms with E-state index in [1.54, 1.807) is 7.11 Å². The van der Waals surface area contributed by atoms with Gasteiger partial charge in [-0.15, -0.1) is 0 Å². The van der Waals surface area contributed by atoms with Crippen molar-refractivity contribution in [1.29, 1.82) is 0 Å². The zero-order valence-electron chi connectivity index (χ0n) is 19.5. The first kappa shape index (κ1) is 24.3. The number of aromatic nitrogens is 1. The molecule has 4 nitrogen and oxygen atoms in total. The molecule has 3 rings (SSSR count). The normalized spacial score (nSPS) is 11.5. The van der Waals surface area contributed by atoms with E-state index in [4.69, 9.17) is 4.74 Å². The lowest BCUT2D eigenvalue weighted by Gasteiger charge is -2.25. The van der Waals surface area contributed by atoms with Crippen LogP contribution in [-0.4, -0.2) is 35.6 Å². The standard InChI is InChI=1S/C27H33BrN2O2/c1-27(2,3)23-12-10-22(11-13-23)26(31)30(17-6-18-32-4)20-25-7-5-16-29(25)19-21-8-14-24(28)15-9-21/h5,7-16H,6,17-20H2,1-4H3. The van der Waals surface area contributed by atoms with Crippen molar-refractivity contribution in [3.8, 4) is 0 Å². The molecule has 0 bridgehead atoms. The summed E-state index contributed by atoms with van der Waals surface area (Å²) in [5.74, 6) is 0.0537. The Hall–Kier alpha value is -2.37. The molecule has 0 aliphatic heterocycles. The van der Waals surface area contributed by atoms with Crippen molar-refractivity contribution in [2.24, 2.45) is 0 Å². The van der Waals surface area contributed by atoms with Crippen LogP contribution in [0, 0.1) is 0 Å².